The van der Waals surface area contributed by atoms with Crippen LogP contribution in [0.25, 0.3) is 10.9 Å². The van der Waals surface area contributed by atoms with E-state index in [1.54, 1.807) is 0 Å². The Hall–Kier alpha value is -2.56. The molecule has 0 saturated carbocycles. The van der Waals surface area contributed by atoms with E-state index in [2.05, 4.69) is 33.5 Å². The highest BCUT2D eigenvalue weighted by Gasteiger charge is 2.17. The van der Waals surface area contributed by atoms with Crippen molar-refractivity contribution in [2.45, 2.75) is 40.2 Å². The summed E-state index contributed by atoms with van der Waals surface area (Å²) in [6.07, 6.45) is 0.703. The monoisotopic (exact) mass is 310 g/mol. The molecular weight excluding hydrogens is 288 g/mol. The normalized spacial score (nSPS) is 12.5. The largest absolute Gasteiger partial charge is 0.350 e. The summed E-state index contributed by atoms with van der Waals surface area (Å²) in [5.74, 6) is -0.0730. The Labute approximate surface area is 135 Å². The van der Waals surface area contributed by atoms with Crippen molar-refractivity contribution in [3.63, 3.8) is 0 Å². The summed E-state index contributed by atoms with van der Waals surface area (Å²) in [4.78, 5) is 15.8. The van der Waals surface area contributed by atoms with E-state index >= 15 is 0 Å². The Bertz CT molecular complexity index is 859. The average molecular weight is 310 g/mol. The van der Waals surface area contributed by atoms with Crippen molar-refractivity contribution >= 4 is 16.8 Å². The molecule has 0 radical (unpaired) electrons. The number of rotatable bonds is 4. The average Bonchev–Trinajstić information content (AvgIpc) is 3.03. The molecule has 120 valence electrons. The molecule has 1 amide bonds. The van der Waals surface area contributed by atoms with Crippen LogP contribution >= 0.6 is 0 Å². The van der Waals surface area contributed by atoms with Gasteiger partial charge in [0.1, 0.15) is 5.69 Å². The second kappa shape index (κ2) is 5.91. The number of carbonyl (C=O) groups is 1. The molecule has 1 atom stereocenters. The van der Waals surface area contributed by atoms with Crippen LogP contribution in [-0.2, 0) is 6.42 Å². The van der Waals surface area contributed by atoms with Crippen molar-refractivity contribution in [1.29, 1.82) is 0 Å². The Balaban J connectivity index is 1.76. The lowest BCUT2D eigenvalue weighted by atomic mass is 10.1. The van der Waals surface area contributed by atoms with Crippen LogP contribution in [0.15, 0.2) is 24.3 Å². The van der Waals surface area contributed by atoms with Crippen molar-refractivity contribution < 1.29 is 4.79 Å². The van der Waals surface area contributed by atoms with Crippen LogP contribution < -0.4 is 5.32 Å². The summed E-state index contributed by atoms with van der Waals surface area (Å²) in [6, 6.07) is 8.18. The first-order valence-corrected chi connectivity index (χ1v) is 7.84. The lowest BCUT2D eigenvalue weighted by Gasteiger charge is -2.12. The maximum Gasteiger partial charge on any atom is 0.268 e. The fourth-order valence-electron chi connectivity index (χ4n) is 2.91. The lowest BCUT2D eigenvalue weighted by Crippen LogP contribution is -2.34. The van der Waals surface area contributed by atoms with Crippen molar-refractivity contribution in [3.8, 4) is 0 Å². The van der Waals surface area contributed by atoms with Gasteiger partial charge >= 0.3 is 0 Å². The first kappa shape index (κ1) is 15.3. The molecule has 0 fully saturated rings. The summed E-state index contributed by atoms with van der Waals surface area (Å²) in [5.41, 5.74) is 5.79. The second-order valence-corrected chi connectivity index (χ2v) is 6.29. The van der Waals surface area contributed by atoms with Crippen LogP contribution in [0.5, 0.6) is 0 Å². The van der Waals surface area contributed by atoms with Crippen molar-refractivity contribution in [3.05, 3.63) is 52.5 Å². The lowest BCUT2D eigenvalue weighted by molar-refractivity contribution is 0.0935. The zero-order chi connectivity index (χ0) is 16.6. The minimum atomic E-state index is -0.0730. The highest BCUT2D eigenvalue weighted by atomic mass is 16.1. The number of carbonyl (C=O) groups excluding carboxylic acids is 1. The first-order chi connectivity index (χ1) is 10.9. The van der Waals surface area contributed by atoms with Gasteiger partial charge in [0.05, 0.1) is 5.69 Å². The molecule has 1 aromatic carbocycles. The quantitative estimate of drug-likeness (QED) is 0.692. The maximum absolute atomic E-state index is 12.6. The molecule has 5 nitrogen and oxygen atoms in total. The first-order valence-electron chi connectivity index (χ1n) is 7.84. The third-order valence-corrected chi connectivity index (χ3v) is 4.09. The molecule has 0 aliphatic heterocycles. The Kier molecular flexibility index (Phi) is 3.94. The Morgan fingerprint density at radius 3 is 2.74 bits per heavy atom. The summed E-state index contributed by atoms with van der Waals surface area (Å²) >= 11 is 0. The van der Waals surface area contributed by atoms with Gasteiger partial charge < -0.3 is 10.3 Å². The van der Waals surface area contributed by atoms with E-state index in [0.717, 1.165) is 27.9 Å². The molecule has 0 unspecified atom stereocenters. The number of nitrogens with one attached hydrogen (secondary N) is 3. The van der Waals surface area contributed by atoms with Crippen LogP contribution in [-0.4, -0.2) is 27.1 Å². The fraction of sp³-hybridized carbons (Fsp3) is 0.333. The summed E-state index contributed by atoms with van der Waals surface area (Å²) < 4.78 is 0. The van der Waals surface area contributed by atoms with E-state index in [1.165, 1.54) is 5.56 Å². The van der Waals surface area contributed by atoms with E-state index in [-0.39, 0.29) is 11.9 Å². The number of H-pyrrole nitrogens is 2. The van der Waals surface area contributed by atoms with Gasteiger partial charge in [-0.2, -0.15) is 5.10 Å². The third kappa shape index (κ3) is 3.13. The summed E-state index contributed by atoms with van der Waals surface area (Å²) in [7, 11) is 0. The Morgan fingerprint density at radius 1 is 1.26 bits per heavy atom. The molecule has 2 aromatic heterocycles. The number of nitrogens with zero attached hydrogens (tertiary/aromatic N) is 1. The number of fused-ring (bicyclic) bond motifs is 1. The number of aromatic amines is 2. The molecule has 3 N–H and O–H groups in total. The maximum atomic E-state index is 12.6. The van der Waals surface area contributed by atoms with Gasteiger partial charge in [0, 0.05) is 29.1 Å². The second-order valence-electron chi connectivity index (χ2n) is 6.29. The van der Waals surface area contributed by atoms with Gasteiger partial charge in [-0.15, -0.1) is 0 Å². The number of hydrogen-bond donors (Lipinski definition) is 3. The Morgan fingerprint density at radius 2 is 2.04 bits per heavy atom. The molecular formula is C18H22N4O. The van der Waals surface area contributed by atoms with E-state index < -0.39 is 0 Å². The van der Waals surface area contributed by atoms with Crippen LogP contribution in [0.3, 0.4) is 0 Å². The molecule has 3 aromatic rings. The zero-order valence-electron chi connectivity index (χ0n) is 13.9. The molecule has 5 heteroatoms. The smallest absolute Gasteiger partial charge is 0.268 e. The van der Waals surface area contributed by atoms with Gasteiger partial charge in [-0.05, 0) is 51.5 Å². The van der Waals surface area contributed by atoms with Crippen LogP contribution in [0.1, 0.15) is 39.9 Å². The number of hydrogen-bond acceptors (Lipinski definition) is 2. The highest BCUT2D eigenvalue weighted by molar-refractivity contribution is 6.01. The van der Waals surface area contributed by atoms with E-state index in [1.807, 2.05) is 39.0 Å². The van der Waals surface area contributed by atoms with Crippen LogP contribution in [0, 0.1) is 20.8 Å². The number of aryl methyl sites for hydroxylation is 3. The van der Waals surface area contributed by atoms with Crippen LogP contribution in [0.4, 0.5) is 0 Å². The minimum Gasteiger partial charge on any atom is -0.350 e. The van der Waals surface area contributed by atoms with Gasteiger partial charge in [0.2, 0.25) is 0 Å². The van der Waals surface area contributed by atoms with Crippen molar-refractivity contribution in [2.24, 2.45) is 0 Å². The zero-order valence-corrected chi connectivity index (χ0v) is 13.9. The number of aromatic nitrogens is 3. The highest BCUT2D eigenvalue weighted by Crippen LogP contribution is 2.22. The van der Waals surface area contributed by atoms with Gasteiger partial charge in [0.15, 0.2) is 0 Å². The van der Waals surface area contributed by atoms with Crippen LogP contribution in [0.2, 0.25) is 0 Å². The van der Waals surface area contributed by atoms with E-state index in [0.29, 0.717) is 12.1 Å². The molecule has 0 saturated heterocycles. The van der Waals surface area contributed by atoms with Crippen molar-refractivity contribution in [1.82, 2.24) is 20.5 Å². The minimum absolute atomic E-state index is 0.0118. The molecule has 0 aliphatic carbocycles. The predicted octanol–water partition coefficient (Wildman–Crippen LogP) is 3.18. The standard InChI is InChI=1S/C18H22N4O/c1-10-5-6-16-15(7-10)13(4)17(20-16)18(23)19-11(2)8-14-9-12(3)21-22-14/h5-7,9,11,20H,8H2,1-4H3,(H,19,23)(H,21,22)/t11-/m1/s1. The molecule has 0 aliphatic rings. The van der Waals surface area contributed by atoms with E-state index in [9.17, 15) is 4.79 Å². The SMILES string of the molecule is Cc1ccc2[nH]c(C(=O)N[C@H](C)Cc3cc(C)[nH]n3)c(C)c2c1. The molecule has 2 heterocycles. The van der Waals surface area contributed by atoms with Gasteiger partial charge in [-0.3, -0.25) is 9.89 Å². The van der Waals surface area contributed by atoms with Gasteiger partial charge in [-0.25, -0.2) is 0 Å². The third-order valence-electron chi connectivity index (χ3n) is 4.09. The summed E-state index contributed by atoms with van der Waals surface area (Å²) in [5, 5.41) is 11.3. The topological polar surface area (TPSA) is 73.6 Å². The number of benzene rings is 1. The molecule has 3 rings (SSSR count). The summed E-state index contributed by atoms with van der Waals surface area (Å²) in [6.45, 7) is 7.99. The molecule has 0 bridgehead atoms. The van der Waals surface area contributed by atoms with Gasteiger partial charge in [0.25, 0.3) is 5.91 Å². The predicted molar refractivity (Wildman–Crippen MR) is 91.7 cm³/mol. The van der Waals surface area contributed by atoms with Gasteiger partial charge in [-0.1, -0.05) is 11.6 Å². The molecule has 0 spiro atoms. The number of amides is 1. The fourth-order valence-corrected chi connectivity index (χ4v) is 2.91. The van der Waals surface area contributed by atoms with E-state index in [4.69, 9.17) is 0 Å². The van der Waals surface area contributed by atoms with Crippen molar-refractivity contribution in [2.75, 3.05) is 0 Å². The molecule has 23 heavy (non-hydrogen) atoms.